The van der Waals surface area contributed by atoms with E-state index >= 15 is 0 Å². The molecule has 0 fully saturated rings. The minimum absolute atomic E-state index is 0.167. The molecule has 0 aliphatic carbocycles. The molecule has 2 heterocycles. The smallest absolute Gasteiger partial charge is 0.256 e. The molecule has 0 radical (unpaired) electrons. The molecule has 3 aromatic rings. The van der Waals surface area contributed by atoms with Crippen LogP contribution >= 0.6 is 11.3 Å². The highest BCUT2D eigenvalue weighted by Gasteiger charge is 2.12. The van der Waals surface area contributed by atoms with Crippen LogP contribution in [0.15, 0.2) is 42.6 Å². The molecule has 5 nitrogen and oxygen atoms in total. The maximum Gasteiger partial charge on any atom is 0.256 e. The number of methoxy groups -OCH3 is 1. The predicted molar refractivity (Wildman–Crippen MR) is 91.1 cm³/mol. The van der Waals surface area contributed by atoms with Crippen LogP contribution in [0.25, 0.3) is 10.2 Å². The molecule has 1 aromatic carbocycles. The first kappa shape index (κ1) is 15.4. The molecule has 118 valence electrons. The Labute approximate surface area is 138 Å². The van der Waals surface area contributed by atoms with Crippen molar-refractivity contribution in [3.63, 3.8) is 0 Å². The third-order valence-corrected chi connectivity index (χ3v) is 4.50. The van der Waals surface area contributed by atoms with Crippen LogP contribution in [0.5, 0.6) is 5.88 Å². The molecule has 0 aliphatic heterocycles. The van der Waals surface area contributed by atoms with Crippen LogP contribution < -0.4 is 10.1 Å². The largest absolute Gasteiger partial charge is 0.480 e. The number of aromatic nitrogens is 2. The van der Waals surface area contributed by atoms with E-state index in [4.69, 9.17) is 4.74 Å². The number of hydrogen-bond acceptors (Lipinski definition) is 5. The second-order valence-corrected chi connectivity index (χ2v) is 6.11. The van der Waals surface area contributed by atoms with Crippen molar-refractivity contribution < 1.29 is 9.53 Å². The van der Waals surface area contributed by atoms with E-state index in [-0.39, 0.29) is 5.91 Å². The number of ether oxygens (including phenoxy) is 1. The highest BCUT2D eigenvalue weighted by atomic mass is 32.1. The van der Waals surface area contributed by atoms with Crippen molar-refractivity contribution in [3.8, 4) is 5.88 Å². The van der Waals surface area contributed by atoms with Crippen molar-refractivity contribution in [1.82, 2.24) is 15.3 Å². The van der Waals surface area contributed by atoms with Gasteiger partial charge in [0, 0.05) is 19.2 Å². The van der Waals surface area contributed by atoms with Crippen LogP contribution in [0.1, 0.15) is 21.8 Å². The second kappa shape index (κ2) is 7.19. The molecule has 0 saturated carbocycles. The Bertz CT molecular complexity index is 783. The van der Waals surface area contributed by atoms with Crippen LogP contribution in [0.2, 0.25) is 0 Å². The van der Waals surface area contributed by atoms with Gasteiger partial charge in [0.25, 0.3) is 5.91 Å². The number of nitrogens with one attached hydrogen (secondary N) is 1. The lowest BCUT2D eigenvalue weighted by Crippen LogP contribution is -2.25. The Hall–Kier alpha value is -2.47. The maximum atomic E-state index is 12.1. The number of carbonyl (C=O) groups is 1. The van der Waals surface area contributed by atoms with E-state index in [9.17, 15) is 4.79 Å². The van der Waals surface area contributed by atoms with Crippen LogP contribution in [-0.2, 0) is 6.42 Å². The normalized spacial score (nSPS) is 10.7. The van der Waals surface area contributed by atoms with Crippen molar-refractivity contribution in [1.29, 1.82) is 0 Å². The molecule has 6 heteroatoms. The molecule has 0 aliphatic rings. The monoisotopic (exact) mass is 327 g/mol. The average Bonchev–Trinajstić information content (AvgIpc) is 3.01. The van der Waals surface area contributed by atoms with E-state index in [0.29, 0.717) is 18.0 Å². The minimum atomic E-state index is -0.167. The number of amides is 1. The first-order valence-corrected chi connectivity index (χ1v) is 8.21. The zero-order chi connectivity index (χ0) is 16.1. The Morgan fingerprint density at radius 3 is 2.96 bits per heavy atom. The standard InChI is InChI=1S/C17H17N3O2S/c1-22-17-12(6-4-11-19-17)16(21)18-10-5-9-15-20-13-7-2-3-8-14(13)23-15/h2-4,6-8,11H,5,9-10H2,1H3,(H,18,21). The fourth-order valence-corrected chi connectivity index (χ4v) is 3.30. The number of fused-ring (bicyclic) bond motifs is 1. The number of thiazole rings is 1. The highest BCUT2D eigenvalue weighted by molar-refractivity contribution is 7.18. The number of carbonyl (C=O) groups excluding carboxylic acids is 1. The molecule has 0 saturated heterocycles. The fourth-order valence-electron chi connectivity index (χ4n) is 2.29. The molecule has 0 atom stereocenters. The van der Waals surface area contributed by atoms with E-state index in [0.717, 1.165) is 23.4 Å². The first-order chi connectivity index (χ1) is 11.3. The third kappa shape index (κ3) is 3.65. The maximum absolute atomic E-state index is 12.1. The topological polar surface area (TPSA) is 64.1 Å². The summed E-state index contributed by atoms with van der Waals surface area (Å²) in [6, 6.07) is 11.5. The van der Waals surface area contributed by atoms with Crippen LogP contribution in [-0.4, -0.2) is 29.5 Å². The van der Waals surface area contributed by atoms with Gasteiger partial charge in [-0.3, -0.25) is 4.79 Å². The van der Waals surface area contributed by atoms with Crippen LogP contribution in [0.4, 0.5) is 0 Å². The Morgan fingerprint density at radius 1 is 1.26 bits per heavy atom. The van der Waals surface area contributed by atoms with E-state index < -0.39 is 0 Å². The molecular weight excluding hydrogens is 310 g/mol. The summed E-state index contributed by atoms with van der Waals surface area (Å²) in [5.74, 6) is 0.176. The van der Waals surface area contributed by atoms with Crippen molar-refractivity contribution in [3.05, 3.63) is 53.2 Å². The van der Waals surface area contributed by atoms with E-state index in [1.807, 2.05) is 18.2 Å². The predicted octanol–water partition coefficient (Wildman–Crippen LogP) is 3.06. The van der Waals surface area contributed by atoms with Gasteiger partial charge in [0.2, 0.25) is 5.88 Å². The molecule has 3 rings (SSSR count). The van der Waals surface area contributed by atoms with Gasteiger partial charge in [0.15, 0.2) is 0 Å². The summed E-state index contributed by atoms with van der Waals surface area (Å²) < 4.78 is 6.30. The number of nitrogens with zero attached hydrogens (tertiary/aromatic N) is 2. The van der Waals surface area contributed by atoms with Gasteiger partial charge in [-0.05, 0) is 30.7 Å². The highest BCUT2D eigenvalue weighted by Crippen LogP contribution is 2.22. The van der Waals surface area contributed by atoms with Gasteiger partial charge in [-0.2, -0.15) is 0 Å². The Kier molecular flexibility index (Phi) is 4.83. The zero-order valence-corrected chi connectivity index (χ0v) is 13.6. The van der Waals surface area contributed by atoms with Gasteiger partial charge < -0.3 is 10.1 Å². The van der Waals surface area contributed by atoms with Gasteiger partial charge in [-0.15, -0.1) is 11.3 Å². The Balaban J connectivity index is 1.52. The number of para-hydroxylation sites is 1. The third-order valence-electron chi connectivity index (χ3n) is 3.40. The summed E-state index contributed by atoms with van der Waals surface area (Å²) in [6.45, 7) is 0.590. The molecule has 1 amide bonds. The van der Waals surface area contributed by atoms with Gasteiger partial charge in [-0.1, -0.05) is 12.1 Å². The molecule has 23 heavy (non-hydrogen) atoms. The minimum Gasteiger partial charge on any atom is -0.480 e. The molecule has 0 spiro atoms. The van der Waals surface area contributed by atoms with E-state index in [2.05, 4.69) is 21.4 Å². The van der Waals surface area contributed by atoms with Crippen molar-refractivity contribution in [2.75, 3.05) is 13.7 Å². The van der Waals surface area contributed by atoms with E-state index in [1.54, 1.807) is 29.7 Å². The molecular formula is C17H17N3O2S. The summed E-state index contributed by atoms with van der Waals surface area (Å²) >= 11 is 1.70. The van der Waals surface area contributed by atoms with Gasteiger partial charge >= 0.3 is 0 Å². The lowest BCUT2D eigenvalue weighted by atomic mass is 10.2. The van der Waals surface area contributed by atoms with Crippen molar-refractivity contribution in [2.24, 2.45) is 0 Å². The van der Waals surface area contributed by atoms with Crippen molar-refractivity contribution in [2.45, 2.75) is 12.8 Å². The van der Waals surface area contributed by atoms with Gasteiger partial charge in [-0.25, -0.2) is 9.97 Å². The van der Waals surface area contributed by atoms with E-state index in [1.165, 1.54) is 11.8 Å². The fraction of sp³-hybridized carbons (Fsp3) is 0.235. The zero-order valence-electron chi connectivity index (χ0n) is 12.8. The lowest BCUT2D eigenvalue weighted by Gasteiger charge is -2.07. The number of pyridine rings is 1. The summed E-state index contributed by atoms with van der Waals surface area (Å²) in [5, 5.41) is 3.99. The Morgan fingerprint density at radius 2 is 2.13 bits per heavy atom. The molecule has 2 aromatic heterocycles. The quantitative estimate of drug-likeness (QED) is 0.707. The summed E-state index contributed by atoms with van der Waals surface area (Å²) in [6.07, 6.45) is 3.29. The molecule has 0 bridgehead atoms. The number of hydrogen-bond donors (Lipinski definition) is 1. The second-order valence-electron chi connectivity index (χ2n) is 5.00. The van der Waals surface area contributed by atoms with Crippen molar-refractivity contribution >= 4 is 27.5 Å². The SMILES string of the molecule is COc1ncccc1C(=O)NCCCc1nc2ccccc2s1. The summed E-state index contributed by atoms with van der Waals surface area (Å²) in [5.41, 5.74) is 1.49. The summed E-state index contributed by atoms with van der Waals surface area (Å²) in [7, 11) is 1.51. The van der Waals surface area contributed by atoms with Gasteiger partial charge in [0.05, 0.1) is 22.3 Å². The number of benzene rings is 1. The van der Waals surface area contributed by atoms with Gasteiger partial charge in [0.1, 0.15) is 5.56 Å². The van der Waals surface area contributed by atoms with Crippen LogP contribution in [0, 0.1) is 0 Å². The number of rotatable bonds is 6. The lowest BCUT2D eigenvalue weighted by molar-refractivity contribution is 0.0949. The van der Waals surface area contributed by atoms with Crippen LogP contribution in [0.3, 0.4) is 0 Å². The molecule has 1 N–H and O–H groups in total. The molecule has 0 unspecified atom stereocenters. The average molecular weight is 327 g/mol. The summed E-state index contributed by atoms with van der Waals surface area (Å²) in [4.78, 5) is 20.8. The number of aryl methyl sites for hydroxylation is 1. The first-order valence-electron chi connectivity index (χ1n) is 7.39.